The lowest BCUT2D eigenvalue weighted by Gasteiger charge is -2.30. The van der Waals surface area contributed by atoms with E-state index in [1.165, 1.54) is 16.9 Å². The van der Waals surface area contributed by atoms with E-state index >= 15 is 0 Å². The molecule has 0 unspecified atom stereocenters. The van der Waals surface area contributed by atoms with E-state index in [1.807, 2.05) is 6.07 Å². The van der Waals surface area contributed by atoms with Crippen LogP contribution in [0.1, 0.15) is 31.2 Å². The van der Waals surface area contributed by atoms with Crippen LogP contribution in [0.15, 0.2) is 49.1 Å². The third-order valence-corrected chi connectivity index (χ3v) is 6.38. The van der Waals surface area contributed by atoms with E-state index in [-0.39, 0.29) is 37.1 Å². The fraction of sp³-hybridized carbons (Fsp3) is 0.435. The minimum Gasteiger partial charge on any atom is -0.467 e. The summed E-state index contributed by atoms with van der Waals surface area (Å²) < 4.78 is 6.64. The molecule has 0 spiro atoms. The van der Waals surface area contributed by atoms with E-state index < -0.39 is 17.4 Å². The van der Waals surface area contributed by atoms with Crippen LogP contribution < -0.4 is 0 Å². The van der Waals surface area contributed by atoms with Crippen LogP contribution in [0.25, 0.3) is 0 Å². The number of esters is 1. The number of imide groups is 1. The molecule has 1 aromatic carbocycles. The third-order valence-electron chi connectivity index (χ3n) is 6.38. The minimum absolute atomic E-state index is 0.0811. The number of imidazole rings is 1. The maximum absolute atomic E-state index is 13.6. The highest BCUT2D eigenvalue weighted by Crippen LogP contribution is 2.41. The van der Waals surface area contributed by atoms with E-state index in [2.05, 4.69) is 4.98 Å². The molecule has 2 aliphatic rings. The summed E-state index contributed by atoms with van der Waals surface area (Å²) in [5.41, 5.74) is -0.654. The van der Waals surface area contributed by atoms with Gasteiger partial charge < -0.3 is 14.2 Å². The average molecular weight is 438 g/mol. The van der Waals surface area contributed by atoms with Crippen molar-refractivity contribution in [2.24, 2.45) is 0 Å². The number of amides is 3. The maximum atomic E-state index is 13.6. The van der Waals surface area contributed by atoms with Gasteiger partial charge in [-0.3, -0.25) is 19.3 Å². The molecular formula is C23H26N4O5. The first kappa shape index (κ1) is 21.7. The van der Waals surface area contributed by atoms with Gasteiger partial charge in [0.1, 0.15) is 6.04 Å². The monoisotopic (exact) mass is 438 g/mol. The number of methoxy groups -OCH3 is 1. The Bertz CT molecular complexity index is 1010. The number of rotatable bonds is 7. The van der Waals surface area contributed by atoms with Crippen LogP contribution >= 0.6 is 0 Å². The van der Waals surface area contributed by atoms with E-state index in [0.717, 1.165) is 0 Å². The Morgan fingerprint density at radius 2 is 1.97 bits per heavy atom. The van der Waals surface area contributed by atoms with Crippen molar-refractivity contribution in [3.05, 3.63) is 54.6 Å². The summed E-state index contributed by atoms with van der Waals surface area (Å²) in [6.07, 6.45) is 5.99. The van der Waals surface area contributed by atoms with E-state index in [4.69, 9.17) is 4.74 Å². The Morgan fingerprint density at radius 3 is 2.66 bits per heavy atom. The first-order valence-corrected chi connectivity index (χ1v) is 10.7. The molecule has 9 nitrogen and oxygen atoms in total. The molecule has 168 valence electrons. The van der Waals surface area contributed by atoms with Gasteiger partial charge in [-0.1, -0.05) is 30.3 Å². The number of carbonyl (C=O) groups excluding carboxylic acids is 4. The lowest BCUT2D eigenvalue weighted by molar-refractivity contribution is -0.151. The number of hydrogen-bond donors (Lipinski definition) is 0. The Kier molecular flexibility index (Phi) is 6.07. The summed E-state index contributed by atoms with van der Waals surface area (Å²) in [5, 5.41) is 0. The van der Waals surface area contributed by atoms with Crippen LogP contribution in [-0.4, -0.2) is 69.3 Å². The highest BCUT2D eigenvalue weighted by atomic mass is 16.5. The smallest absolute Gasteiger partial charge is 0.328 e. The van der Waals surface area contributed by atoms with Crippen molar-refractivity contribution in [3.63, 3.8) is 0 Å². The van der Waals surface area contributed by atoms with Crippen LogP contribution in [-0.2, 0) is 35.9 Å². The molecule has 3 amide bonds. The summed E-state index contributed by atoms with van der Waals surface area (Å²) in [6.45, 7) is 1.05. The predicted octanol–water partition coefficient (Wildman–Crippen LogP) is 1.13. The zero-order valence-corrected chi connectivity index (χ0v) is 18.0. The number of likely N-dealkylation sites (tertiary alicyclic amines) is 2. The molecule has 3 heterocycles. The molecular weight excluding hydrogens is 412 g/mol. The molecule has 2 saturated heterocycles. The average Bonchev–Trinajstić information content (AvgIpc) is 3.54. The molecule has 32 heavy (non-hydrogen) atoms. The predicted molar refractivity (Wildman–Crippen MR) is 113 cm³/mol. The molecule has 2 aromatic rings. The first-order valence-electron chi connectivity index (χ1n) is 10.7. The van der Waals surface area contributed by atoms with Gasteiger partial charge in [0, 0.05) is 44.9 Å². The van der Waals surface area contributed by atoms with Crippen LogP contribution in [0.2, 0.25) is 0 Å². The van der Waals surface area contributed by atoms with E-state index in [0.29, 0.717) is 31.5 Å². The molecule has 1 aromatic heterocycles. The second-order valence-corrected chi connectivity index (χ2v) is 8.22. The molecule has 0 radical (unpaired) electrons. The van der Waals surface area contributed by atoms with Crippen LogP contribution in [0.3, 0.4) is 0 Å². The zero-order chi connectivity index (χ0) is 22.7. The molecule has 9 heteroatoms. The Hall–Kier alpha value is -3.49. The molecule has 2 atom stereocenters. The maximum Gasteiger partial charge on any atom is 0.328 e. The second kappa shape index (κ2) is 8.94. The molecule has 2 aliphatic heterocycles. The standard InChI is InChI=1S/C23H26N4O5/c1-32-21(30)18-8-5-10-26(18)19(28)14-23(17-6-3-2-4-7-17)15-20(29)27(22(23)31)13-12-25-11-9-24-16-25/h2-4,6-7,9,11,16,18H,5,8,10,12-15H2,1H3/t18-,23-/m0/s1. The molecule has 0 aliphatic carbocycles. The number of aromatic nitrogens is 2. The lowest BCUT2D eigenvalue weighted by Crippen LogP contribution is -2.47. The van der Waals surface area contributed by atoms with Crippen molar-refractivity contribution in [1.29, 1.82) is 0 Å². The number of carbonyl (C=O) groups is 4. The Balaban J connectivity index is 1.61. The van der Waals surface area contributed by atoms with Crippen molar-refractivity contribution >= 4 is 23.7 Å². The number of benzene rings is 1. The van der Waals surface area contributed by atoms with Crippen molar-refractivity contribution in [2.45, 2.75) is 43.7 Å². The largest absolute Gasteiger partial charge is 0.467 e. The van der Waals surface area contributed by atoms with Crippen molar-refractivity contribution in [1.82, 2.24) is 19.4 Å². The number of ether oxygens (including phenoxy) is 1. The summed E-state index contributed by atoms with van der Waals surface area (Å²) in [4.78, 5) is 58.7. The summed E-state index contributed by atoms with van der Waals surface area (Å²) in [6, 6.07) is 8.32. The zero-order valence-electron chi connectivity index (χ0n) is 18.0. The molecule has 0 bridgehead atoms. The van der Waals surface area contributed by atoms with Gasteiger partial charge in [-0.05, 0) is 18.4 Å². The van der Waals surface area contributed by atoms with Crippen LogP contribution in [0.4, 0.5) is 0 Å². The van der Waals surface area contributed by atoms with E-state index in [1.54, 1.807) is 47.6 Å². The number of hydrogen-bond acceptors (Lipinski definition) is 6. The van der Waals surface area contributed by atoms with E-state index in [9.17, 15) is 19.2 Å². The van der Waals surface area contributed by atoms with Crippen molar-refractivity contribution in [3.8, 4) is 0 Å². The third kappa shape index (κ3) is 3.90. The van der Waals surface area contributed by atoms with Gasteiger partial charge in [0.15, 0.2) is 0 Å². The van der Waals surface area contributed by atoms with Gasteiger partial charge in [0.25, 0.3) is 0 Å². The quantitative estimate of drug-likeness (QED) is 0.475. The lowest BCUT2D eigenvalue weighted by atomic mass is 9.75. The van der Waals surface area contributed by atoms with Gasteiger partial charge >= 0.3 is 5.97 Å². The summed E-state index contributed by atoms with van der Waals surface area (Å²) in [5.74, 6) is -1.46. The van der Waals surface area contributed by atoms with Crippen LogP contribution in [0, 0.1) is 0 Å². The topological polar surface area (TPSA) is 102 Å². The SMILES string of the molecule is COC(=O)[C@@H]1CCCN1C(=O)C[C@@]1(c2ccccc2)CC(=O)N(CCn2ccnc2)C1=O. The molecule has 4 rings (SSSR count). The second-order valence-electron chi connectivity index (χ2n) is 8.22. The van der Waals surface area contributed by atoms with Crippen LogP contribution in [0.5, 0.6) is 0 Å². The normalized spacial score (nSPS) is 23.1. The van der Waals surface area contributed by atoms with Gasteiger partial charge in [-0.15, -0.1) is 0 Å². The van der Waals surface area contributed by atoms with Crippen molar-refractivity contribution < 1.29 is 23.9 Å². The highest BCUT2D eigenvalue weighted by molar-refractivity contribution is 6.10. The van der Waals surface area contributed by atoms with Gasteiger partial charge in [0.05, 0.1) is 18.9 Å². The van der Waals surface area contributed by atoms with Gasteiger partial charge in [-0.2, -0.15) is 0 Å². The summed E-state index contributed by atoms with van der Waals surface area (Å²) in [7, 11) is 1.30. The first-order chi connectivity index (χ1) is 15.5. The molecule has 2 fully saturated rings. The Labute approximate surface area is 186 Å². The fourth-order valence-electron chi connectivity index (χ4n) is 4.69. The minimum atomic E-state index is -1.28. The van der Waals surface area contributed by atoms with Gasteiger partial charge in [0.2, 0.25) is 17.7 Å². The van der Waals surface area contributed by atoms with Gasteiger partial charge in [-0.25, -0.2) is 9.78 Å². The summed E-state index contributed by atoms with van der Waals surface area (Å²) >= 11 is 0. The number of nitrogens with zero attached hydrogens (tertiary/aromatic N) is 4. The molecule has 0 saturated carbocycles. The highest BCUT2D eigenvalue weighted by Gasteiger charge is 2.54. The van der Waals surface area contributed by atoms with Crippen molar-refractivity contribution in [2.75, 3.05) is 20.2 Å². The fourth-order valence-corrected chi connectivity index (χ4v) is 4.69. The Morgan fingerprint density at radius 1 is 1.19 bits per heavy atom. The molecule has 0 N–H and O–H groups in total.